The van der Waals surface area contributed by atoms with Gasteiger partial charge < -0.3 is 11.1 Å². The number of piperidine rings is 1. The Labute approximate surface area is 154 Å². The molecule has 1 atom stereocenters. The lowest BCUT2D eigenvalue weighted by molar-refractivity contribution is -0.136. The number of nitrogens with zero attached hydrogens (tertiary/aromatic N) is 1. The van der Waals surface area contributed by atoms with Crippen molar-refractivity contribution < 1.29 is 24.0 Å². The van der Waals surface area contributed by atoms with Crippen molar-refractivity contribution in [3.8, 4) is 0 Å². The summed E-state index contributed by atoms with van der Waals surface area (Å²) in [5.74, 6) is -2.67. The number of hydrogen-bond acceptors (Lipinski definition) is 6. The first-order chi connectivity index (χ1) is 11.9. The van der Waals surface area contributed by atoms with Gasteiger partial charge in [0.1, 0.15) is 6.04 Å². The van der Waals surface area contributed by atoms with Crippen LogP contribution in [0.15, 0.2) is 18.2 Å². The highest BCUT2D eigenvalue weighted by Gasteiger charge is 2.45. The fourth-order valence-corrected chi connectivity index (χ4v) is 3.00. The van der Waals surface area contributed by atoms with Crippen LogP contribution in [-0.2, 0) is 20.9 Å². The highest BCUT2D eigenvalue weighted by atomic mass is 35.5. The summed E-state index contributed by atoms with van der Waals surface area (Å²) in [7, 11) is 0. The van der Waals surface area contributed by atoms with Crippen molar-refractivity contribution in [3.63, 3.8) is 0 Å². The predicted molar refractivity (Wildman–Crippen MR) is 91.3 cm³/mol. The Kier molecular flexibility index (Phi) is 5.73. The van der Waals surface area contributed by atoms with Crippen molar-refractivity contribution in [3.05, 3.63) is 34.9 Å². The molecule has 2 aliphatic rings. The average Bonchev–Trinajstić information content (AvgIpc) is 2.85. The number of carbonyl (C=O) groups is 5. The van der Waals surface area contributed by atoms with Crippen LogP contribution in [0.2, 0.25) is 0 Å². The van der Waals surface area contributed by atoms with Gasteiger partial charge in [-0.1, -0.05) is 12.1 Å². The minimum atomic E-state index is -1.02. The van der Waals surface area contributed by atoms with E-state index in [0.29, 0.717) is 5.56 Å². The lowest BCUT2D eigenvalue weighted by Gasteiger charge is -2.27. The quantitative estimate of drug-likeness (QED) is 0.578. The largest absolute Gasteiger partial charge is 0.351 e. The van der Waals surface area contributed by atoms with Gasteiger partial charge >= 0.3 is 0 Å². The van der Waals surface area contributed by atoms with Gasteiger partial charge in [-0.2, -0.15) is 0 Å². The van der Waals surface area contributed by atoms with Crippen LogP contribution in [0.25, 0.3) is 0 Å². The van der Waals surface area contributed by atoms with Crippen molar-refractivity contribution in [2.24, 2.45) is 5.73 Å². The maximum Gasteiger partial charge on any atom is 0.262 e. The molecule has 5 amide bonds. The summed E-state index contributed by atoms with van der Waals surface area (Å²) in [6.45, 7) is -0.147. The first-order valence-corrected chi connectivity index (χ1v) is 7.74. The van der Waals surface area contributed by atoms with Gasteiger partial charge in [0.25, 0.3) is 11.8 Å². The molecule has 2 aliphatic heterocycles. The number of benzene rings is 1. The van der Waals surface area contributed by atoms with Gasteiger partial charge in [-0.05, 0) is 18.1 Å². The fraction of sp³-hybridized carbons (Fsp3) is 0.312. The number of nitrogens with two attached hydrogens (primary N) is 1. The summed E-state index contributed by atoms with van der Waals surface area (Å²) >= 11 is 0. The molecule has 2 heterocycles. The molecule has 9 nitrogen and oxygen atoms in total. The Morgan fingerprint density at radius 3 is 2.62 bits per heavy atom. The first kappa shape index (κ1) is 19.5. The Balaban J connectivity index is 0.00000243. The molecule has 138 valence electrons. The zero-order valence-corrected chi connectivity index (χ0v) is 14.4. The molecule has 1 unspecified atom stereocenters. The molecule has 1 aromatic rings. The van der Waals surface area contributed by atoms with Crippen molar-refractivity contribution in [1.29, 1.82) is 0 Å². The number of halogens is 1. The summed E-state index contributed by atoms with van der Waals surface area (Å²) in [6, 6.07) is 3.70. The minimum absolute atomic E-state index is 0. The van der Waals surface area contributed by atoms with Crippen molar-refractivity contribution in [1.82, 2.24) is 15.5 Å². The second-order valence-corrected chi connectivity index (χ2v) is 5.77. The Morgan fingerprint density at radius 2 is 1.96 bits per heavy atom. The van der Waals surface area contributed by atoms with E-state index < -0.39 is 35.6 Å². The average molecular weight is 381 g/mol. The van der Waals surface area contributed by atoms with E-state index in [-0.39, 0.29) is 49.5 Å². The summed E-state index contributed by atoms with van der Waals surface area (Å²) in [4.78, 5) is 60.9. The van der Waals surface area contributed by atoms with Crippen molar-refractivity contribution in [2.75, 3.05) is 6.54 Å². The summed E-state index contributed by atoms with van der Waals surface area (Å²) in [6.07, 6.45) is 0.151. The zero-order chi connectivity index (χ0) is 18.1. The van der Waals surface area contributed by atoms with Gasteiger partial charge in [0, 0.05) is 13.0 Å². The normalized spacial score (nSPS) is 19.0. The van der Waals surface area contributed by atoms with Gasteiger partial charge in [0.2, 0.25) is 17.7 Å². The highest BCUT2D eigenvalue weighted by molar-refractivity contribution is 6.24. The molecule has 1 fully saturated rings. The molecule has 1 saturated heterocycles. The van der Waals surface area contributed by atoms with Crippen LogP contribution < -0.4 is 16.4 Å². The molecule has 26 heavy (non-hydrogen) atoms. The van der Waals surface area contributed by atoms with Gasteiger partial charge in [0.15, 0.2) is 0 Å². The molecular formula is C16H17ClN4O5. The van der Waals surface area contributed by atoms with Gasteiger partial charge in [-0.15, -0.1) is 12.4 Å². The smallest absolute Gasteiger partial charge is 0.262 e. The second kappa shape index (κ2) is 7.63. The topological polar surface area (TPSA) is 139 Å². The van der Waals surface area contributed by atoms with Crippen LogP contribution in [0.5, 0.6) is 0 Å². The van der Waals surface area contributed by atoms with E-state index in [1.165, 1.54) is 6.07 Å². The summed E-state index contributed by atoms with van der Waals surface area (Å²) < 4.78 is 0. The number of fused-ring (bicyclic) bond motifs is 1. The van der Waals surface area contributed by atoms with E-state index in [4.69, 9.17) is 5.73 Å². The van der Waals surface area contributed by atoms with Crippen LogP contribution >= 0.6 is 12.4 Å². The van der Waals surface area contributed by atoms with E-state index in [1.807, 2.05) is 0 Å². The van der Waals surface area contributed by atoms with E-state index in [0.717, 1.165) is 4.90 Å². The number of imide groups is 2. The van der Waals surface area contributed by atoms with Gasteiger partial charge in [0.05, 0.1) is 17.7 Å². The zero-order valence-electron chi connectivity index (χ0n) is 13.6. The molecular weight excluding hydrogens is 364 g/mol. The first-order valence-electron chi connectivity index (χ1n) is 7.74. The Morgan fingerprint density at radius 1 is 1.23 bits per heavy atom. The Hall–Kier alpha value is -2.78. The van der Waals surface area contributed by atoms with E-state index >= 15 is 0 Å². The van der Waals surface area contributed by atoms with Crippen LogP contribution in [0, 0.1) is 0 Å². The summed E-state index contributed by atoms with van der Waals surface area (Å²) in [5.41, 5.74) is 6.03. The van der Waals surface area contributed by atoms with Crippen molar-refractivity contribution >= 4 is 41.9 Å². The molecule has 10 heteroatoms. The maximum absolute atomic E-state index is 12.8. The lowest BCUT2D eigenvalue weighted by Crippen LogP contribution is -2.54. The number of hydrogen-bond donors (Lipinski definition) is 3. The minimum Gasteiger partial charge on any atom is -0.351 e. The number of rotatable bonds is 4. The molecule has 0 aromatic heterocycles. The predicted octanol–water partition coefficient (Wildman–Crippen LogP) is -0.916. The van der Waals surface area contributed by atoms with E-state index in [2.05, 4.69) is 10.6 Å². The SMILES string of the molecule is Cl.NCC(=O)NCc1cccc2c1C(=O)N(C1CCC(=O)NC1=O)C2=O. The third-order valence-electron chi connectivity index (χ3n) is 4.22. The van der Waals surface area contributed by atoms with E-state index in [9.17, 15) is 24.0 Å². The van der Waals surface area contributed by atoms with Gasteiger partial charge in [-0.3, -0.25) is 34.2 Å². The van der Waals surface area contributed by atoms with Crippen LogP contribution in [0.3, 0.4) is 0 Å². The third kappa shape index (κ3) is 3.31. The molecule has 4 N–H and O–H groups in total. The summed E-state index contributed by atoms with van der Waals surface area (Å²) in [5, 5.41) is 4.69. The molecule has 1 aromatic carbocycles. The van der Waals surface area contributed by atoms with Crippen LogP contribution in [0.1, 0.15) is 39.1 Å². The van der Waals surface area contributed by atoms with Crippen molar-refractivity contribution in [2.45, 2.75) is 25.4 Å². The molecule has 0 spiro atoms. The number of amides is 5. The molecule has 0 radical (unpaired) electrons. The van der Waals surface area contributed by atoms with E-state index in [1.54, 1.807) is 12.1 Å². The molecule has 0 aliphatic carbocycles. The standard InChI is InChI=1S/C16H16N4O5.ClH/c17-6-12(22)18-7-8-2-1-3-9-13(8)16(25)20(15(9)24)10-4-5-11(21)19-14(10)23;/h1-3,10H,4-7,17H2,(H,18,22)(H,19,21,23);1H. The van der Waals surface area contributed by atoms with Crippen LogP contribution in [0.4, 0.5) is 0 Å². The lowest BCUT2D eigenvalue weighted by atomic mass is 10.0. The molecule has 3 rings (SSSR count). The molecule has 0 bridgehead atoms. The second-order valence-electron chi connectivity index (χ2n) is 5.77. The van der Waals surface area contributed by atoms with Gasteiger partial charge in [-0.25, -0.2) is 0 Å². The monoisotopic (exact) mass is 380 g/mol. The Bertz CT molecular complexity index is 810. The fourth-order valence-electron chi connectivity index (χ4n) is 3.00. The number of carbonyl (C=O) groups excluding carboxylic acids is 5. The molecule has 0 saturated carbocycles. The highest BCUT2D eigenvalue weighted by Crippen LogP contribution is 2.29. The third-order valence-corrected chi connectivity index (χ3v) is 4.22. The number of nitrogens with one attached hydrogen (secondary N) is 2. The maximum atomic E-state index is 12.8. The van der Waals surface area contributed by atoms with Crippen LogP contribution in [-0.4, -0.2) is 47.0 Å².